The van der Waals surface area contributed by atoms with Crippen LogP contribution < -0.4 is 10.5 Å². The SMILES string of the molecule is COc1cccc(-c2c(N)c(C#N)cn3cc(C(F)(F)F)nc23)c1C. The van der Waals surface area contributed by atoms with Gasteiger partial charge in [-0.3, -0.25) is 0 Å². The summed E-state index contributed by atoms with van der Waals surface area (Å²) in [6.07, 6.45) is -2.52. The van der Waals surface area contributed by atoms with Gasteiger partial charge in [0, 0.05) is 18.0 Å². The molecule has 2 heterocycles. The molecular weight excluding hydrogens is 333 g/mol. The van der Waals surface area contributed by atoms with Gasteiger partial charge >= 0.3 is 6.18 Å². The van der Waals surface area contributed by atoms with Crippen molar-refractivity contribution in [2.24, 2.45) is 0 Å². The molecule has 0 radical (unpaired) electrons. The zero-order valence-corrected chi connectivity index (χ0v) is 13.3. The third-order valence-electron chi connectivity index (χ3n) is 3.97. The van der Waals surface area contributed by atoms with Gasteiger partial charge in [-0.2, -0.15) is 18.4 Å². The Hall–Kier alpha value is -3.21. The molecular formula is C17H13F3N4O. The second-order valence-electron chi connectivity index (χ2n) is 5.43. The average molecular weight is 346 g/mol. The number of pyridine rings is 1. The van der Waals surface area contributed by atoms with Crippen LogP contribution in [0.25, 0.3) is 16.8 Å². The molecule has 5 nitrogen and oxygen atoms in total. The summed E-state index contributed by atoms with van der Waals surface area (Å²) in [5.74, 6) is 0.556. The van der Waals surface area contributed by atoms with Gasteiger partial charge in [-0.05, 0) is 24.1 Å². The Morgan fingerprint density at radius 2 is 2.00 bits per heavy atom. The van der Waals surface area contributed by atoms with Crippen LogP contribution in [0.4, 0.5) is 18.9 Å². The van der Waals surface area contributed by atoms with Crippen molar-refractivity contribution in [1.82, 2.24) is 9.38 Å². The van der Waals surface area contributed by atoms with E-state index in [0.717, 1.165) is 6.20 Å². The molecule has 3 rings (SSSR count). The van der Waals surface area contributed by atoms with Crippen molar-refractivity contribution in [2.75, 3.05) is 12.8 Å². The first-order valence-electron chi connectivity index (χ1n) is 7.20. The minimum absolute atomic E-state index is 0.0279. The molecule has 0 aliphatic rings. The fraction of sp³-hybridized carbons (Fsp3) is 0.176. The Bertz CT molecular complexity index is 1020. The summed E-state index contributed by atoms with van der Waals surface area (Å²) in [5, 5.41) is 9.28. The zero-order valence-electron chi connectivity index (χ0n) is 13.3. The first-order chi connectivity index (χ1) is 11.8. The van der Waals surface area contributed by atoms with E-state index in [1.807, 2.05) is 6.07 Å². The van der Waals surface area contributed by atoms with Crippen LogP contribution in [0.15, 0.2) is 30.6 Å². The topological polar surface area (TPSA) is 76.3 Å². The number of hydrogen-bond donors (Lipinski definition) is 1. The first kappa shape index (κ1) is 16.6. The summed E-state index contributed by atoms with van der Waals surface area (Å²) in [4.78, 5) is 3.70. The standard InChI is InChI=1S/C17H13F3N4O/c1-9-11(4-3-5-12(9)25-2)14-15(22)10(6-21)7-24-8-13(17(18,19)20)23-16(14)24/h3-5,7-8H,22H2,1-2H3. The number of alkyl halides is 3. The molecule has 0 bridgehead atoms. The third-order valence-corrected chi connectivity index (χ3v) is 3.97. The van der Waals surface area contributed by atoms with Gasteiger partial charge in [-0.15, -0.1) is 0 Å². The number of hydrogen-bond acceptors (Lipinski definition) is 4. The molecule has 2 N–H and O–H groups in total. The van der Waals surface area contributed by atoms with E-state index in [4.69, 9.17) is 10.5 Å². The van der Waals surface area contributed by atoms with Crippen molar-refractivity contribution in [3.63, 3.8) is 0 Å². The first-order valence-corrected chi connectivity index (χ1v) is 7.20. The van der Waals surface area contributed by atoms with Gasteiger partial charge < -0.3 is 14.9 Å². The highest BCUT2D eigenvalue weighted by Gasteiger charge is 2.34. The highest BCUT2D eigenvalue weighted by Crippen LogP contribution is 2.39. The molecule has 0 unspecified atom stereocenters. The van der Waals surface area contributed by atoms with Crippen molar-refractivity contribution >= 4 is 11.3 Å². The van der Waals surface area contributed by atoms with E-state index in [0.29, 0.717) is 16.9 Å². The molecule has 0 aliphatic heterocycles. The second-order valence-corrected chi connectivity index (χ2v) is 5.43. The Labute approximate surface area is 141 Å². The minimum Gasteiger partial charge on any atom is -0.496 e. The van der Waals surface area contributed by atoms with Crippen molar-refractivity contribution in [3.05, 3.63) is 47.4 Å². The number of benzene rings is 1. The number of rotatable bonds is 2. The van der Waals surface area contributed by atoms with E-state index in [1.54, 1.807) is 25.1 Å². The van der Waals surface area contributed by atoms with Gasteiger partial charge in [0.05, 0.1) is 18.4 Å². The molecule has 0 fully saturated rings. The molecule has 25 heavy (non-hydrogen) atoms. The van der Waals surface area contributed by atoms with Crippen molar-refractivity contribution in [2.45, 2.75) is 13.1 Å². The van der Waals surface area contributed by atoms with Crippen LogP contribution in [0, 0.1) is 18.3 Å². The predicted octanol–water partition coefficient (Wildman–Crippen LogP) is 3.79. The number of aromatic nitrogens is 2. The highest BCUT2D eigenvalue weighted by molar-refractivity contribution is 5.92. The number of nitrogens with zero attached hydrogens (tertiary/aromatic N) is 3. The van der Waals surface area contributed by atoms with Crippen LogP contribution in [0.2, 0.25) is 0 Å². The maximum atomic E-state index is 13.0. The summed E-state index contributed by atoms with van der Waals surface area (Å²) >= 11 is 0. The molecule has 0 saturated heterocycles. The minimum atomic E-state index is -4.60. The van der Waals surface area contributed by atoms with E-state index in [9.17, 15) is 18.4 Å². The number of halogens is 3. The molecule has 8 heteroatoms. The number of anilines is 1. The summed E-state index contributed by atoms with van der Waals surface area (Å²) < 4.78 is 45.6. The molecule has 128 valence electrons. The lowest BCUT2D eigenvalue weighted by molar-refractivity contribution is -0.140. The summed E-state index contributed by atoms with van der Waals surface area (Å²) in [7, 11) is 1.49. The predicted molar refractivity (Wildman–Crippen MR) is 86.0 cm³/mol. The zero-order chi connectivity index (χ0) is 18.4. The Morgan fingerprint density at radius 1 is 1.28 bits per heavy atom. The number of nitrogen functional groups attached to an aromatic ring is 1. The molecule has 0 aliphatic carbocycles. The molecule has 3 aromatic rings. The fourth-order valence-electron chi connectivity index (χ4n) is 2.74. The van der Waals surface area contributed by atoms with Gasteiger partial charge in [0.25, 0.3) is 0 Å². The number of ether oxygens (including phenoxy) is 1. The van der Waals surface area contributed by atoms with Crippen LogP contribution >= 0.6 is 0 Å². The van der Waals surface area contributed by atoms with Crippen molar-refractivity contribution in [1.29, 1.82) is 5.26 Å². The second kappa shape index (κ2) is 5.70. The van der Waals surface area contributed by atoms with Crippen LogP contribution in [0.3, 0.4) is 0 Å². The lowest BCUT2D eigenvalue weighted by Gasteiger charge is -2.14. The van der Waals surface area contributed by atoms with Crippen molar-refractivity contribution in [3.8, 4) is 22.9 Å². The van der Waals surface area contributed by atoms with E-state index >= 15 is 0 Å². The number of nitrogens with two attached hydrogens (primary N) is 1. The van der Waals surface area contributed by atoms with Gasteiger partial charge in [0.15, 0.2) is 5.69 Å². The maximum absolute atomic E-state index is 13.0. The van der Waals surface area contributed by atoms with Gasteiger partial charge in [-0.25, -0.2) is 4.98 Å². The molecule has 2 aromatic heterocycles. The van der Waals surface area contributed by atoms with E-state index < -0.39 is 11.9 Å². The molecule has 0 spiro atoms. The summed E-state index contributed by atoms with van der Waals surface area (Å²) in [5.41, 5.74) is 6.70. The van der Waals surface area contributed by atoms with E-state index in [1.165, 1.54) is 17.7 Å². The Morgan fingerprint density at radius 3 is 2.60 bits per heavy atom. The number of methoxy groups -OCH3 is 1. The van der Waals surface area contributed by atoms with Gasteiger partial charge in [0.1, 0.15) is 17.5 Å². The fourth-order valence-corrected chi connectivity index (χ4v) is 2.74. The number of imidazole rings is 1. The van der Waals surface area contributed by atoms with Gasteiger partial charge in [0.2, 0.25) is 0 Å². The van der Waals surface area contributed by atoms with Gasteiger partial charge in [-0.1, -0.05) is 12.1 Å². The van der Waals surface area contributed by atoms with Crippen LogP contribution in [0.1, 0.15) is 16.8 Å². The smallest absolute Gasteiger partial charge is 0.434 e. The largest absolute Gasteiger partial charge is 0.496 e. The molecule has 0 atom stereocenters. The monoisotopic (exact) mass is 346 g/mol. The Balaban J connectivity index is 2.43. The van der Waals surface area contributed by atoms with Crippen LogP contribution in [-0.4, -0.2) is 16.5 Å². The van der Waals surface area contributed by atoms with Crippen LogP contribution in [0.5, 0.6) is 5.75 Å². The molecule has 1 aromatic carbocycles. The molecule has 0 saturated carbocycles. The Kier molecular flexibility index (Phi) is 3.80. The number of nitriles is 1. The maximum Gasteiger partial charge on any atom is 0.434 e. The molecule has 0 amide bonds. The lowest BCUT2D eigenvalue weighted by atomic mass is 9.97. The third kappa shape index (κ3) is 2.63. The summed E-state index contributed by atoms with van der Waals surface area (Å²) in [6, 6.07) is 7.04. The quantitative estimate of drug-likeness (QED) is 0.766. The van der Waals surface area contributed by atoms with E-state index in [2.05, 4.69) is 4.98 Å². The van der Waals surface area contributed by atoms with Crippen molar-refractivity contribution < 1.29 is 17.9 Å². The lowest BCUT2D eigenvalue weighted by Crippen LogP contribution is -2.04. The average Bonchev–Trinajstić information content (AvgIpc) is 2.99. The highest BCUT2D eigenvalue weighted by atomic mass is 19.4. The van der Waals surface area contributed by atoms with E-state index in [-0.39, 0.29) is 22.5 Å². The summed E-state index contributed by atoms with van der Waals surface area (Å²) in [6.45, 7) is 1.76. The van der Waals surface area contributed by atoms with Crippen LogP contribution in [-0.2, 0) is 6.18 Å². The number of fused-ring (bicyclic) bond motifs is 1. The normalized spacial score (nSPS) is 11.5.